The average molecular weight is 418 g/mol. The Balaban J connectivity index is 2.17. The van der Waals surface area contributed by atoms with Crippen LogP contribution >= 0.6 is 0 Å². The van der Waals surface area contributed by atoms with Gasteiger partial charge in [-0.05, 0) is 51.0 Å². The van der Waals surface area contributed by atoms with Crippen LogP contribution in [0.25, 0.3) is 0 Å². The molecule has 7 heteroatoms. The van der Waals surface area contributed by atoms with E-state index in [1.54, 1.807) is 26.0 Å². The smallest absolute Gasteiger partial charge is 0.338 e. The lowest BCUT2D eigenvalue weighted by molar-refractivity contribution is 0.0318. The van der Waals surface area contributed by atoms with Gasteiger partial charge in [-0.25, -0.2) is 13.2 Å². The predicted octanol–water partition coefficient (Wildman–Crippen LogP) is 3.71. The lowest BCUT2D eigenvalue weighted by Crippen LogP contribution is -2.33. The van der Waals surface area contributed by atoms with Crippen LogP contribution in [0, 0.1) is 0 Å². The van der Waals surface area contributed by atoms with Gasteiger partial charge in [0.2, 0.25) is 15.8 Å². The number of Topliss-reactive ketones (excluding diaryl/α,β-unsaturated/α-hetero) is 1. The van der Waals surface area contributed by atoms with Gasteiger partial charge in [0.15, 0.2) is 6.10 Å². The van der Waals surface area contributed by atoms with Crippen LogP contribution < -0.4 is 0 Å². The molecular formula is C22H27NO5S. The zero-order chi connectivity index (χ0) is 21.8. The van der Waals surface area contributed by atoms with E-state index >= 15 is 0 Å². The van der Waals surface area contributed by atoms with Crippen molar-refractivity contribution in [1.82, 2.24) is 4.31 Å². The largest absolute Gasteiger partial charge is 0.451 e. The highest BCUT2D eigenvalue weighted by atomic mass is 32.2. The fraction of sp³-hybridized carbons (Fsp3) is 0.364. The number of carbonyl (C=O) groups is 2. The molecule has 0 aliphatic rings. The van der Waals surface area contributed by atoms with Crippen molar-refractivity contribution in [3.05, 3.63) is 65.2 Å². The fourth-order valence-electron chi connectivity index (χ4n) is 2.65. The Hall–Kier alpha value is -2.51. The number of ether oxygens (including phenoxy) is 1. The van der Waals surface area contributed by atoms with Gasteiger partial charge < -0.3 is 4.74 Å². The number of carbonyl (C=O) groups excluding carboxylic acids is 2. The van der Waals surface area contributed by atoms with E-state index in [0.717, 1.165) is 12.0 Å². The number of rotatable bonds is 8. The molecule has 0 aliphatic carbocycles. The molecule has 1 atom stereocenters. The van der Waals surface area contributed by atoms with Gasteiger partial charge in [0.05, 0.1) is 10.5 Å². The molecule has 2 aromatic carbocycles. The molecule has 0 aromatic heterocycles. The third kappa shape index (κ3) is 5.31. The van der Waals surface area contributed by atoms with Crippen LogP contribution in [0.2, 0.25) is 0 Å². The SMILES string of the molecule is CCc1ccc(C(=O)[C@@H](C)OC(=O)c2cccc(S(=O)(=O)N(C)C(C)C)c2)cc1. The summed E-state index contributed by atoms with van der Waals surface area (Å²) in [5.74, 6) is -1.07. The lowest BCUT2D eigenvalue weighted by atomic mass is 10.0. The van der Waals surface area contributed by atoms with E-state index in [-0.39, 0.29) is 22.3 Å². The summed E-state index contributed by atoms with van der Waals surface area (Å²) in [4.78, 5) is 25.0. The maximum Gasteiger partial charge on any atom is 0.338 e. The summed E-state index contributed by atoms with van der Waals surface area (Å²) in [5.41, 5.74) is 1.64. The van der Waals surface area contributed by atoms with E-state index in [2.05, 4.69) is 0 Å². The molecule has 0 unspecified atom stereocenters. The Bertz CT molecular complexity index is 981. The molecular weight excluding hydrogens is 390 g/mol. The molecule has 0 saturated heterocycles. The second-order valence-corrected chi connectivity index (χ2v) is 9.10. The molecule has 0 radical (unpaired) electrons. The van der Waals surface area contributed by atoms with Gasteiger partial charge in [0, 0.05) is 18.7 Å². The highest BCUT2D eigenvalue weighted by Crippen LogP contribution is 2.19. The van der Waals surface area contributed by atoms with E-state index in [1.165, 1.54) is 42.5 Å². The van der Waals surface area contributed by atoms with E-state index in [4.69, 9.17) is 4.74 Å². The summed E-state index contributed by atoms with van der Waals surface area (Å²) < 4.78 is 31.8. The summed E-state index contributed by atoms with van der Waals surface area (Å²) in [6, 6.07) is 12.5. The number of nitrogens with zero attached hydrogens (tertiary/aromatic N) is 1. The molecule has 2 rings (SSSR count). The van der Waals surface area contributed by atoms with Crippen molar-refractivity contribution in [3.8, 4) is 0 Å². The molecule has 6 nitrogen and oxygen atoms in total. The zero-order valence-electron chi connectivity index (χ0n) is 17.4. The molecule has 2 aromatic rings. The normalized spacial score (nSPS) is 12.8. The molecule has 0 fully saturated rings. The van der Waals surface area contributed by atoms with Gasteiger partial charge in [-0.2, -0.15) is 4.31 Å². The molecule has 0 spiro atoms. The van der Waals surface area contributed by atoms with E-state index < -0.39 is 22.1 Å². The second-order valence-electron chi connectivity index (χ2n) is 7.11. The Labute approximate surface area is 172 Å². The van der Waals surface area contributed by atoms with Crippen molar-refractivity contribution < 1.29 is 22.7 Å². The molecule has 156 valence electrons. The summed E-state index contributed by atoms with van der Waals surface area (Å²) in [7, 11) is -2.25. The van der Waals surface area contributed by atoms with E-state index in [0.29, 0.717) is 5.56 Å². The Kier molecular flexibility index (Phi) is 7.32. The van der Waals surface area contributed by atoms with Gasteiger partial charge in [-0.15, -0.1) is 0 Å². The summed E-state index contributed by atoms with van der Waals surface area (Å²) in [6.07, 6.45) is -0.127. The van der Waals surface area contributed by atoms with E-state index in [9.17, 15) is 18.0 Å². The molecule has 0 heterocycles. The molecule has 0 N–H and O–H groups in total. The molecule has 0 amide bonds. The Morgan fingerprint density at radius 3 is 2.17 bits per heavy atom. The minimum absolute atomic E-state index is 0.00251. The first-order valence-electron chi connectivity index (χ1n) is 9.50. The molecule has 0 aliphatic heterocycles. The number of hydrogen-bond acceptors (Lipinski definition) is 5. The van der Waals surface area contributed by atoms with Gasteiger partial charge in [-0.3, -0.25) is 4.79 Å². The van der Waals surface area contributed by atoms with Crippen LogP contribution in [0.15, 0.2) is 53.4 Å². The summed E-state index contributed by atoms with van der Waals surface area (Å²) in [6.45, 7) is 7.04. The quantitative estimate of drug-likeness (QED) is 0.483. The average Bonchev–Trinajstić information content (AvgIpc) is 2.72. The molecule has 0 saturated carbocycles. The van der Waals surface area contributed by atoms with Gasteiger partial charge in [-0.1, -0.05) is 37.3 Å². The number of hydrogen-bond donors (Lipinski definition) is 0. The first-order chi connectivity index (χ1) is 13.6. The van der Waals surface area contributed by atoms with Crippen molar-refractivity contribution in [3.63, 3.8) is 0 Å². The summed E-state index contributed by atoms with van der Waals surface area (Å²) in [5, 5.41) is 0. The van der Waals surface area contributed by atoms with Crippen molar-refractivity contribution >= 4 is 21.8 Å². The van der Waals surface area contributed by atoms with Crippen LogP contribution in [-0.2, 0) is 21.2 Å². The standard InChI is InChI=1S/C22H27NO5S/c1-6-17-10-12-18(13-11-17)21(24)16(4)28-22(25)19-8-7-9-20(14-19)29(26,27)23(5)15(2)3/h7-16H,6H2,1-5H3/t16-/m1/s1. The van der Waals surface area contributed by atoms with Crippen LogP contribution in [0.5, 0.6) is 0 Å². The van der Waals surface area contributed by atoms with Crippen LogP contribution in [0.1, 0.15) is 54.0 Å². The maximum atomic E-state index is 12.6. The minimum atomic E-state index is -3.73. The van der Waals surface area contributed by atoms with Crippen molar-refractivity contribution in [2.45, 2.75) is 51.2 Å². The molecule has 29 heavy (non-hydrogen) atoms. The van der Waals surface area contributed by atoms with Crippen LogP contribution in [-0.4, -0.2) is 43.7 Å². The number of esters is 1. The molecule has 0 bridgehead atoms. The Morgan fingerprint density at radius 2 is 1.62 bits per heavy atom. The third-order valence-electron chi connectivity index (χ3n) is 4.77. The van der Waals surface area contributed by atoms with Crippen LogP contribution in [0.3, 0.4) is 0 Å². The first kappa shape index (κ1) is 22.8. The van der Waals surface area contributed by atoms with Gasteiger partial charge in [0.1, 0.15) is 0 Å². The number of aryl methyl sites for hydroxylation is 1. The van der Waals surface area contributed by atoms with Crippen LogP contribution in [0.4, 0.5) is 0 Å². The van der Waals surface area contributed by atoms with Gasteiger partial charge in [0.25, 0.3) is 0 Å². The monoisotopic (exact) mass is 417 g/mol. The predicted molar refractivity (Wildman–Crippen MR) is 112 cm³/mol. The minimum Gasteiger partial charge on any atom is -0.451 e. The fourth-order valence-corrected chi connectivity index (χ4v) is 4.06. The zero-order valence-corrected chi connectivity index (χ0v) is 18.2. The van der Waals surface area contributed by atoms with Crippen molar-refractivity contribution in [2.24, 2.45) is 0 Å². The number of benzene rings is 2. The first-order valence-corrected chi connectivity index (χ1v) is 10.9. The van der Waals surface area contributed by atoms with Crippen molar-refractivity contribution in [2.75, 3.05) is 7.05 Å². The lowest BCUT2D eigenvalue weighted by Gasteiger charge is -2.21. The second kappa shape index (κ2) is 9.33. The van der Waals surface area contributed by atoms with Crippen molar-refractivity contribution in [1.29, 1.82) is 0 Å². The van der Waals surface area contributed by atoms with E-state index in [1.807, 2.05) is 19.1 Å². The van der Waals surface area contributed by atoms with Gasteiger partial charge >= 0.3 is 5.97 Å². The number of sulfonamides is 1. The Morgan fingerprint density at radius 1 is 1.00 bits per heavy atom. The number of ketones is 1. The highest BCUT2D eigenvalue weighted by molar-refractivity contribution is 7.89. The highest BCUT2D eigenvalue weighted by Gasteiger charge is 2.25. The summed E-state index contributed by atoms with van der Waals surface area (Å²) >= 11 is 0. The third-order valence-corrected chi connectivity index (χ3v) is 6.80. The topological polar surface area (TPSA) is 80.8 Å². The maximum absolute atomic E-state index is 12.6.